The van der Waals surface area contributed by atoms with E-state index in [4.69, 9.17) is 14.2 Å². The number of methoxy groups -OCH3 is 2. The van der Waals surface area contributed by atoms with Crippen LogP contribution in [0.25, 0.3) is 5.76 Å². The van der Waals surface area contributed by atoms with Crippen LogP contribution < -0.4 is 9.47 Å². The van der Waals surface area contributed by atoms with Crippen molar-refractivity contribution < 1.29 is 33.7 Å². The molecule has 1 aromatic carbocycles. The minimum absolute atomic E-state index is 0.0602. The Kier molecular flexibility index (Phi) is 7.42. The maximum Gasteiger partial charge on any atom is 0.409 e. The third-order valence-corrected chi connectivity index (χ3v) is 6.50. The van der Waals surface area contributed by atoms with Crippen LogP contribution in [0, 0.1) is 0 Å². The van der Waals surface area contributed by atoms with Gasteiger partial charge in [0.15, 0.2) is 0 Å². The van der Waals surface area contributed by atoms with Crippen molar-refractivity contribution in [2.24, 2.45) is 0 Å². The predicted molar refractivity (Wildman–Crippen MR) is 130 cm³/mol. The minimum atomic E-state index is -0.892. The minimum Gasteiger partial charge on any atom is -0.507 e. The molecule has 2 amide bonds. The lowest BCUT2D eigenvalue weighted by atomic mass is 9.96. The van der Waals surface area contributed by atoms with Gasteiger partial charge in [-0.1, -0.05) is 6.07 Å². The van der Waals surface area contributed by atoms with E-state index in [1.165, 1.54) is 19.1 Å². The maximum absolute atomic E-state index is 13.4. The number of aliphatic hydroxyl groups excluding tert-OH is 1. The molecule has 2 aliphatic rings. The summed E-state index contributed by atoms with van der Waals surface area (Å²) < 4.78 is 15.7. The van der Waals surface area contributed by atoms with Gasteiger partial charge in [-0.25, -0.2) is 4.79 Å². The summed E-state index contributed by atoms with van der Waals surface area (Å²) in [7, 11) is 2.95. The van der Waals surface area contributed by atoms with E-state index in [2.05, 4.69) is 4.98 Å². The highest BCUT2D eigenvalue weighted by atomic mass is 16.6. The molecular formula is C26H29N3O7. The summed E-state index contributed by atoms with van der Waals surface area (Å²) in [6.07, 6.45) is 2.10. The first-order valence-electron chi connectivity index (χ1n) is 11.8. The van der Waals surface area contributed by atoms with Crippen LogP contribution in [0.3, 0.4) is 0 Å². The molecule has 2 fully saturated rings. The molecule has 36 heavy (non-hydrogen) atoms. The number of benzene rings is 1. The number of hydrogen-bond donors (Lipinski definition) is 1. The lowest BCUT2D eigenvalue weighted by Gasteiger charge is -2.38. The number of rotatable bonds is 6. The quantitative estimate of drug-likeness (QED) is 0.369. The number of carbonyl (C=O) groups excluding carboxylic acids is 3. The number of ketones is 1. The summed E-state index contributed by atoms with van der Waals surface area (Å²) in [5.74, 6) is -1.06. The van der Waals surface area contributed by atoms with Crippen molar-refractivity contribution >= 4 is 23.5 Å². The number of likely N-dealkylation sites (tertiary alicyclic amines) is 2. The van der Waals surface area contributed by atoms with Crippen molar-refractivity contribution in [3.8, 4) is 11.5 Å². The number of aromatic nitrogens is 1. The number of hydrogen-bond acceptors (Lipinski definition) is 8. The molecule has 0 radical (unpaired) electrons. The Balaban J connectivity index is 1.75. The number of nitrogens with zero attached hydrogens (tertiary/aromatic N) is 3. The highest BCUT2D eigenvalue weighted by Crippen LogP contribution is 2.43. The Morgan fingerprint density at radius 2 is 1.86 bits per heavy atom. The predicted octanol–water partition coefficient (Wildman–Crippen LogP) is 3.14. The van der Waals surface area contributed by atoms with E-state index in [0.29, 0.717) is 43.1 Å². The Morgan fingerprint density at radius 1 is 1.11 bits per heavy atom. The molecule has 1 unspecified atom stereocenters. The van der Waals surface area contributed by atoms with Crippen LogP contribution in [-0.2, 0) is 14.3 Å². The number of carbonyl (C=O) groups is 3. The summed E-state index contributed by atoms with van der Waals surface area (Å²) in [5.41, 5.74) is 0.655. The zero-order chi connectivity index (χ0) is 25.8. The van der Waals surface area contributed by atoms with Crippen molar-refractivity contribution in [1.82, 2.24) is 14.8 Å². The molecule has 4 rings (SSSR count). The third-order valence-electron chi connectivity index (χ3n) is 6.50. The number of amides is 2. The Bertz CT molecular complexity index is 1170. The molecular weight excluding hydrogens is 466 g/mol. The first kappa shape index (κ1) is 25.0. The van der Waals surface area contributed by atoms with Gasteiger partial charge in [0.2, 0.25) is 0 Å². The van der Waals surface area contributed by atoms with E-state index < -0.39 is 23.8 Å². The zero-order valence-electron chi connectivity index (χ0n) is 20.5. The van der Waals surface area contributed by atoms with Crippen LogP contribution in [0.2, 0.25) is 0 Å². The molecule has 3 heterocycles. The van der Waals surface area contributed by atoms with Gasteiger partial charge in [0.05, 0.1) is 37.7 Å². The monoisotopic (exact) mass is 495 g/mol. The van der Waals surface area contributed by atoms with Crippen LogP contribution in [0.4, 0.5) is 4.79 Å². The van der Waals surface area contributed by atoms with Gasteiger partial charge in [-0.05, 0) is 44.0 Å². The van der Waals surface area contributed by atoms with Crippen LogP contribution in [0.1, 0.15) is 37.1 Å². The van der Waals surface area contributed by atoms with E-state index in [0.717, 1.165) is 0 Å². The van der Waals surface area contributed by atoms with E-state index in [-0.39, 0.29) is 29.5 Å². The third kappa shape index (κ3) is 4.58. The first-order chi connectivity index (χ1) is 17.4. The van der Waals surface area contributed by atoms with Gasteiger partial charge in [-0.3, -0.25) is 14.6 Å². The van der Waals surface area contributed by atoms with Gasteiger partial charge >= 0.3 is 6.09 Å². The maximum atomic E-state index is 13.4. The van der Waals surface area contributed by atoms with Gasteiger partial charge in [-0.2, -0.15) is 0 Å². The van der Waals surface area contributed by atoms with Gasteiger partial charge in [-0.15, -0.1) is 0 Å². The number of piperidine rings is 1. The van der Waals surface area contributed by atoms with Gasteiger partial charge in [0, 0.05) is 31.4 Å². The number of aliphatic hydroxyl groups is 1. The second kappa shape index (κ2) is 10.7. The summed E-state index contributed by atoms with van der Waals surface area (Å²) in [5, 5.41) is 11.4. The summed E-state index contributed by atoms with van der Waals surface area (Å²) in [6, 6.07) is 8.79. The first-order valence-corrected chi connectivity index (χ1v) is 11.8. The van der Waals surface area contributed by atoms with Crippen molar-refractivity contribution in [3.63, 3.8) is 0 Å². The molecule has 1 aromatic heterocycles. The van der Waals surface area contributed by atoms with Crippen LogP contribution in [0.15, 0.2) is 48.2 Å². The van der Waals surface area contributed by atoms with Crippen LogP contribution >= 0.6 is 0 Å². The average Bonchev–Trinajstić information content (AvgIpc) is 3.18. The van der Waals surface area contributed by atoms with Crippen molar-refractivity contribution in [2.45, 2.75) is 31.8 Å². The standard InChI is InChI=1S/C26H29N3O7/c1-4-36-26(33)28-13-10-16(11-14-28)29-22(19-7-5-6-12-27-19)21(24(31)25(29)32)23(30)18-9-8-17(34-2)15-20(18)35-3/h5-9,12,15-16,22,30H,4,10-11,13-14H2,1-3H3/b23-21+. The summed E-state index contributed by atoms with van der Waals surface area (Å²) >= 11 is 0. The lowest BCUT2D eigenvalue weighted by molar-refractivity contribution is -0.142. The SMILES string of the molecule is CCOC(=O)N1CCC(N2C(=O)C(=O)/C(=C(/O)c3ccc(OC)cc3OC)C2c2ccccn2)CC1. The van der Waals surface area contributed by atoms with Gasteiger partial charge in [0.25, 0.3) is 11.7 Å². The molecule has 0 aliphatic carbocycles. The van der Waals surface area contributed by atoms with E-state index in [1.54, 1.807) is 54.4 Å². The second-order valence-electron chi connectivity index (χ2n) is 8.44. The Morgan fingerprint density at radius 3 is 2.47 bits per heavy atom. The number of Topliss-reactive ketones (excluding diaryl/α,β-unsaturated/α-hetero) is 1. The van der Waals surface area contributed by atoms with Crippen LogP contribution in [0.5, 0.6) is 11.5 Å². The molecule has 0 spiro atoms. The molecule has 190 valence electrons. The number of ether oxygens (including phenoxy) is 3. The fourth-order valence-corrected chi connectivity index (χ4v) is 4.74. The fourth-order valence-electron chi connectivity index (χ4n) is 4.74. The zero-order valence-corrected chi connectivity index (χ0v) is 20.5. The largest absolute Gasteiger partial charge is 0.507 e. The highest BCUT2D eigenvalue weighted by molar-refractivity contribution is 6.46. The molecule has 2 aromatic rings. The van der Waals surface area contributed by atoms with Crippen molar-refractivity contribution in [1.29, 1.82) is 0 Å². The Hall–Kier alpha value is -4.08. The lowest BCUT2D eigenvalue weighted by Crippen LogP contribution is -2.48. The van der Waals surface area contributed by atoms with E-state index in [1.807, 2.05) is 0 Å². The normalized spacial score (nSPS) is 19.9. The highest BCUT2D eigenvalue weighted by Gasteiger charge is 2.50. The fraction of sp³-hybridized carbons (Fsp3) is 0.385. The van der Waals surface area contributed by atoms with E-state index in [9.17, 15) is 19.5 Å². The molecule has 10 heteroatoms. The second-order valence-corrected chi connectivity index (χ2v) is 8.44. The molecule has 1 atom stereocenters. The topological polar surface area (TPSA) is 119 Å². The van der Waals surface area contributed by atoms with Crippen LogP contribution in [-0.4, -0.2) is 77.6 Å². The molecule has 1 N–H and O–H groups in total. The van der Waals surface area contributed by atoms with Gasteiger partial charge < -0.3 is 29.1 Å². The van der Waals surface area contributed by atoms with E-state index >= 15 is 0 Å². The van der Waals surface area contributed by atoms with Crippen molar-refractivity contribution in [2.75, 3.05) is 33.9 Å². The average molecular weight is 496 g/mol. The van der Waals surface area contributed by atoms with Crippen molar-refractivity contribution in [3.05, 3.63) is 59.4 Å². The summed E-state index contributed by atoms with van der Waals surface area (Å²) in [4.78, 5) is 46.3. The number of pyridine rings is 1. The molecule has 2 aliphatic heterocycles. The smallest absolute Gasteiger partial charge is 0.409 e. The molecule has 0 bridgehead atoms. The van der Waals surface area contributed by atoms with Gasteiger partial charge in [0.1, 0.15) is 23.3 Å². The molecule has 10 nitrogen and oxygen atoms in total. The summed E-state index contributed by atoms with van der Waals surface area (Å²) in [6.45, 7) is 2.79. The Labute approximate surface area is 209 Å². The molecule has 0 saturated carbocycles. The molecule has 2 saturated heterocycles.